The van der Waals surface area contributed by atoms with Gasteiger partial charge in [0.15, 0.2) is 0 Å². The Morgan fingerprint density at radius 2 is 2.16 bits per heavy atom. The maximum Gasteiger partial charge on any atom is 0.252 e. The highest BCUT2D eigenvalue weighted by Crippen LogP contribution is 2.24. The third kappa shape index (κ3) is 4.89. The molecule has 1 aromatic heterocycles. The first-order valence-electron chi connectivity index (χ1n) is 9.27. The van der Waals surface area contributed by atoms with E-state index in [0.717, 1.165) is 51.0 Å². The zero-order valence-electron chi connectivity index (χ0n) is 14.9. The van der Waals surface area contributed by atoms with E-state index in [9.17, 15) is 4.79 Å². The third-order valence-corrected chi connectivity index (χ3v) is 5.05. The number of aromatic nitrogens is 2. The van der Waals surface area contributed by atoms with Gasteiger partial charge in [0.05, 0.1) is 17.4 Å². The Morgan fingerprint density at radius 1 is 1.36 bits per heavy atom. The van der Waals surface area contributed by atoms with Crippen LogP contribution in [0.25, 0.3) is 0 Å². The van der Waals surface area contributed by atoms with Gasteiger partial charge in [0, 0.05) is 32.1 Å². The summed E-state index contributed by atoms with van der Waals surface area (Å²) in [6, 6.07) is 0.346. The maximum absolute atomic E-state index is 11.7. The topological polar surface area (TPSA) is 99.4 Å². The number of carbonyl (C=O) groups is 1. The molecular weight excluding hydrogens is 320 g/mol. The fraction of sp³-hybridized carbons (Fsp3) is 0.722. The normalized spacial score (nSPS) is 26.5. The number of hydrogen-bond acceptors (Lipinski definition) is 6. The van der Waals surface area contributed by atoms with E-state index in [2.05, 4.69) is 15.3 Å². The molecule has 0 aromatic carbocycles. The van der Waals surface area contributed by atoms with Crippen LogP contribution in [0.2, 0.25) is 0 Å². The molecule has 25 heavy (non-hydrogen) atoms. The van der Waals surface area contributed by atoms with E-state index < -0.39 is 5.91 Å². The Labute approximate surface area is 148 Å². The monoisotopic (exact) mass is 348 g/mol. The first-order valence-corrected chi connectivity index (χ1v) is 9.27. The lowest BCUT2D eigenvalue weighted by Crippen LogP contribution is -2.30. The van der Waals surface area contributed by atoms with Crippen molar-refractivity contribution in [2.75, 3.05) is 25.1 Å². The average Bonchev–Trinajstić information content (AvgIpc) is 3.10. The SMILES string of the molecule is CCOC1CCC(Nc2ncc(C(N)=O)c(CC3CCOC3)n2)CC1. The van der Waals surface area contributed by atoms with Gasteiger partial charge in [-0.2, -0.15) is 0 Å². The summed E-state index contributed by atoms with van der Waals surface area (Å²) in [6.45, 7) is 4.30. The third-order valence-electron chi connectivity index (χ3n) is 5.05. The van der Waals surface area contributed by atoms with Crippen LogP contribution in [0.4, 0.5) is 5.95 Å². The summed E-state index contributed by atoms with van der Waals surface area (Å²) < 4.78 is 11.1. The molecule has 2 heterocycles. The van der Waals surface area contributed by atoms with E-state index in [4.69, 9.17) is 15.2 Å². The number of ether oxygens (including phenoxy) is 2. The summed E-state index contributed by atoms with van der Waals surface area (Å²) in [4.78, 5) is 20.6. The molecule has 2 aliphatic rings. The van der Waals surface area contributed by atoms with Crippen LogP contribution in [-0.2, 0) is 15.9 Å². The number of rotatable bonds is 7. The molecule has 2 fully saturated rings. The number of hydrogen-bond donors (Lipinski definition) is 2. The number of nitrogens with one attached hydrogen (secondary N) is 1. The standard InChI is InChI=1S/C18H28N4O3/c1-2-25-14-5-3-13(4-6-14)21-18-20-10-15(17(19)23)16(22-18)9-12-7-8-24-11-12/h10,12-14H,2-9,11H2,1H3,(H2,19,23)(H,20,21,22). The molecule has 3 rings (SSSR count). The Morgan fingerprint density at radius 3 is 2.80 bits per heavy atom. The van der Waals surface area contributed by atoms with Gasteiger partial charge in [0.1, 0.15) is 0 Å². The Hall–Kier alpha value is -1.73. The Balaban J connectivity index is 1.64. The van der Waals surface area contributed by atoms with Crippen molar-refractivity contribution in [1.82, 2.24) is 9.97 Å². The molecule has 1 saturated carbocycles. The molecule has 7 heteroatoms. The first kappa shape index (κ1) is 18.1. The largest absolute Gasteiger partial charge is 0.381 e. The number of anilines is 1. The molecule has 138 valence electrons. The van der Waals surface area contributed by atoms with E-state index in [1.807, 2.05) is 6.92 Å². The highest BCUT2D eigenvalue weighted by molar-refractivity contribution is 5.93. The van der Waals surface area contributed by atoms with Gasteiger partial charge in [-0.25, -0.2) is 9.97 Å². The molecule has 7 nitrogen and oxygen atoms in total. The molecule has 1 aliphatic carbocycles. The van der Waals surface area contributed by atoms with E-state index in [-0.39, 0.29) is 0 Å². The van der Waals surface area contributed by atoms with Crippen LogP contribution in [-0.4, -0.2) is 47.8 Å². The van der Waals surface area contributed by atoms with E-state index in [1.165, 1.54) is 0 Å². The van der Waals surface area contributed by atoms with Crippen molar-refractivity contribution >= 4 is 11.9 Å². The smallest absolute Gasteiger partial charge is 0.252 e. The van der Waals surface area contributed by atoms with E-state index in [0.29, 0.717) is 42.6 Å². The number of nitrogens with two attached hydrogens (primary N) is 1. The summed E-state index contributed by atoms with van der Waals surface area (Å²) in [6.07, 6.45) is 7.80. The number of primary amides is 1. The van der Waals surface area contributed by atoms with Gasteiger partial charge in [-0.3, -0.25) is 4.79 Å². The average molecular weight is 348 g/mol. The van der Waals surface area contributed by atoms with Crippen LogP contribution in [0.3, 0.4) is 0 Å². The van der Waals surface area contributed by atoms with Gasteiger partial charge in [-0.1, -0.05) is 0 Å². The molecule has 1 unspecified atom stereocenters. The van der Waals surface area contributed by atoms with Crippen molar-refractivity contribution in [1.29, 1.82) is 0 Å². The van der Waals surface area contributed by atoms with Crippen molar-refractivity contribution in [3.63, 3.8) is 0 Å². The molecule has 1 aromatic rings. The lowest BCUT2D eigenvalue weighted by Gasteiger charge is -2.29. The zero-order chi connectivity index (χ0) is 17.6. The van der Waals surface area contributed by atoms with Gasteiger partial charge < -0.3 is 20.5 Å². The second kappa shape index (κ2) is 8.58. The highest BCUT2D eigenvalue weighted by Gasteiger charge is 2.24. The predicted molar refractivity (Wildman–Crippen MR) is 94.5 cm³/mol. The van der Waals surface area contributed by atoms with E-state index >= 15 is 0 Å². The predicted octanol–water partition coefficient (Wildman–Crippen LogP) is 1.91. The van der Waals surface area contributed by atoms with Crippen molar-refractivity contribution in [3.05, 3.63) is 17.5 Å². The first-order chi connectivity index (χ1) is 12.2. The van der Waals surface area contributed by atoms with Crippen molar-refractivity contribution in [2.45, 2.75) is 57.6 Å². The minimum atomic E-state index is -0.474. The molecule has 0 radical (unpaired) electrons. The van der Waals surface area contributed by atoms with Crippen LogP contribution in [0.15, 0.2) is 6.20 Å². The molecule has 0 bridgehead atoms. The zero-order valence-corrected chi connectivity index (χ0v) is 14.9. The molecule has 1 saturated heterocycles. The molecule has 1 amide bonds. The minimum Gasteiger partial charge on any atom is -0.381 e. The number of carbonyl (C=O) groups excluding carboxylic acids is 1. The maximum atomic E-state index is 11.7. The fourth-order valence-electron chi connectivity index (χ4n) is 3.66. The van der Waals surface area contributed by atoms with Crippen LogP contribution in [0.5, 0.6) is 0 Å². The van der Waals surface area contributed by atoms with Crippen LogP contribution in [0, 0.1) is 5.92 Å². The van der Waals surface area contributed by atoms with Gasteiger partial charge in [-0.05, 0) is 51.4 Å². The Bertz CT molecular complexity index is 582. The number of amides is 1. The summed E-state index contributed by atoms with van der Waals surface area (Å²) >= 11 is 0. The summed E-state index contributed by atoms with van der Waals surface area (Å²) in [5.41, 5.74) is 6.62. The fourth-order valence-corrected chi connectivity index (χ4v) is 3.66. The lowest BCUT2D eigenvalue weighted by molar-refractivity contribution is 0.0346. The summed E-state index contributed by atoms with van der Waals surface area (Å²) in [7, 11) is 0. The van der Waals surface area contributed by atoms with Crippen molar-refractivity contribution in [2.24, 2.45) is 11.7 Å². The quantitative estimate of drug-likeness (QED) is 0.781. The molecule has 3 N–H and O–H groups in total. The van der Waals surface area contributed by atoms with Crippen LogP contribution >= 0.6 is 0 Å². The van der Waals surface area contributed by atoms with Crippen LogP contribution < -0.4 is 11.1 Å². The highest BCUT2D eigenvalue weighted by atomic mass is 16.5. The van der Waals surface area contributed by atoms with Crippen molar-refractivity contribution in [3.8, 4) is 0 Å². The Kier molecular flexibility index (Phi) is 6.20. The lowest BCUT2D eigenvalue weighted by atomic mass is 9.93. The minimum absolute atomic E-state index is 0.346. The van der Waals surface area contributed by atoms with Gasteiger partial charge in [0.2, 0.25) is 5.95 Å². The van der Waals surface area contributed by atoms with E-state index in [1.54, 1.807) is 6.20 Å². The van der Waals surface area contributed by atoms with Gasteiger partial charge >= 0.3 is 0 Å². The van der Waals surface area contributed by atoms with Crippen molar-refractivity contribution < 1.29 is 14.3 Å². The molecule has 1 atom stereocenters. The summed E-state index contributed by atoms with van der Waals surface area (Å²) in [5.74, 6) is 0.499. The molecule has 1 aliphatic heterocycles. The second-order valence-corrected chi connectivity index (χ2v) is 6.93. The molecule has 0 spiro atoms. The summed E-state index contributed by atoms with van der Waals surface area (Å²) in [5, 5.41) is 3.41. The second-order valence-electron chi connectivity index (χ2n) is 6.93. The van der Waals surface area contributed by atoms with Gasteiger partial charge in [0.25, 0.3) is 5.91 Å². The molecular formula is C18H28N4O3. The van der Waals surface area contributed by atoms with Crippen LogP contribution in [0.1, 0.15) is 55.1 Å². The number of nitrogens with zero attached hydrogens (tertiary/aromatic N) is 2. The van der Waals surface area contributed by atoms with Gasteiger partial charge in [-0.15, -0.1) is 0 Å².